The van der Waals surface area contributed by atoms with Crippen LogP contribution in [-0.2, 0) is 0 Å². The second kappa shape index (κ2) is 12.4. The standard InChI is InChI=1S/C13H29NS/c1-4-5-6-7-8-10-13(2)14-11-9-12-15-3/h13-14H,4-12H2,1-3H3. The summed E-state index contributed by atoms with van der Waals surface area (Å²) in [6, 6.07) is 0.716. The summed E-state index contributed by atoms with van der Waals surface area (Å²) >= 11 is 1.94. The molecule has 0 aliphatic carbocycles. The molecule has 0 saturated heterocycles. The fourth-order valence-electron chi connectivity index (χ4n) is 1.72. The van der Waals surface area contributed by atoms with Crippen molar-refractivity contribution < 1.29 is 0 Å². The molecule has 0 amide bonds. The predicted molar refractivity (Wildman–Crippen MR) is 73.8 cm³/mol. The third-order valence-corrected chi connectivity index (χ3v) is 3.46. The van der Waals surface area contributed by atoms with Crippen LogP contribution in [0, 0.1) is 0 Å². The van der Waals surface area contributed by atoms with Crippen molar-refractivity contribution >= 4 is 11.8 Å². The number of hydrogen-bond donors (Lipinski definition) is 1. The van der Waals surface area contributed by atoms with E-state index in [2.05, 4.69) is 25.4 Å². The maximum atomic E-state index is 3.59. The van der Waals surface area contributed by atoms with Crippen LogP contribution in [0.2, 0.25) is 0 Å². The second-order valence-electron chi connectivity index (χ2n) is 4.40. The quantitative estimate of drug-likeness (QED) is 0.538. The zero-order valence-corrected chi connectivity index (χ0v) is 11.7. The summed E-state index contributed by atoms with van der Waals surface area (Å²) in [5.74, 6) is 1.29. The van der Waals surface area contributed by atoms with E-state index in [4.69, 9.17) is 0 Å². The van der Waals surface area contributed by atoms with Crippen molar-refractivity contribution in [1.29, 1.82) is 0 Å². The molecular weight excluding hydrogens is 202 g/mol. The molecule has 1 atom stereocenters. The predicted octanol–water partition coefficient (Wildman–Crippen LogP) is 4.08. The highest BCUT2D eigenvalue weighted by atomic mass is 32.2. The number of rotatable bonds is 11. The zero-order valence-electron chi connectivity index (χ0n) is 10.8. The van der Waals surface area contributed by atoms with Gasteiger partial charge in [0.05, 0.1) is 0 Å². The van der Waals surface area contributed by atoms with E-state index in [1.54, 1.807) is 0 Å². The summed E-state index contributed by atoms with van der Waals surface area (Å²) in [6.45, 7) is 5.78. The first-order valence-corrected chi connectivity index (χ1v) is 7.93. The minimum atomic E-state index is 0.716. The van der Waals surface area contributed by atoms with Crippen molar-refractivity contribution in [1.82, 2.24) is 5.32 Å². The molecule has 0 fully saturated rings. The third kappa shape index (κ3) is 12.2. The summed E-state index contributed by atoms with van der Waals surface area (Å²) in [4.78, 5) is 0. The Morgan fingerprint density at radius 3 is 2.47 bits per heavy atom. The molecule has 0 aromatic carbocycles. The van der Waals surface area contributed by atoms with Crippen LogP contribution < -0.4 is 5.32 Å². The molecule has 0 aromatic rings. The Kier molecular flexibility index (Phi) is 12.6. The normalized spacial score (nSPS) is 13.0. The minimum Gasteiger partial charge on any atom is -0.314 e. The number of hydrogen-bond acceptors (Lipinski definition) is 2. The van der Waals surface area contributed by atoms with Crippen LogP contribution in [0.15, 0.2) is 0 Å². The van der Waals surface area contributed by atoms with E-state index in [-0.39, 0.29) is 0 Å². The van der Waals surface area contributed by atoms with Crippen molar-refractivity contribution in [2.45, 2.75) is 64.8 Å². The Morgan fingerprint density at radius 1 is 1.07 bits per heavy atom. The Balaban J connectivity index is 3.08. The molecule has 0 spiro atoms. The van der Waals surface area contributed by atoms with Crippen LogP contribution in [0.4, 0.5) is 0 Å². The van der Waals surface area contributed by atoms with Gasteiger partial charge < -0.3 is 5.32 Å². The summed E-state index contributed by atoms with van der Waals surface area (Å²) in [5.41, 5.74) is 0. The Bertz CT molecular complexity index is 117. The summed E-state index contributed by atoms with van der Waals surface area (Å²) < 4.78 is 0. The first kappa shape index (κ1) is 15.3. The lowest BCUT2D eigenvalue weighted by Crippen LogP contribution is -2.27. The number of thioether (sulfide) groups is 1. The smallest absolute Gasteiger partial charge is 0.00387 e. The fraction of sp³-hybridized carbons (Fsp3) is 1.00. The lowest BCUT2D eigenvalue weighted by Gasteiger charge is -2.13. The van der Waals surface area contributed by atoms with Gasteiger partial charge in [-0.3, -0.25) is 0 Å². The number of unbranched alkanes of at least 4 members (excludes halogenated alkanes) is 4. The Hall–Kier alpha value is 0.310. The van der Waals surface area contributed by atoms with E-state index < -0.39 is 0 Å². The average Bonchev–Trinajstić information content (AvgIpc) is 2.24. The lowest BCUT2D eigenvalue weighted by molar-refractivity contribution is 0.481. The molecule has 15 heavy (non-hydrogen) atoms. The largest absolute Gasteiger partial charge is 0.314 e. The molecule has 0 aliphatic heterocycles. The van der Waals surface area contributed by atoms with Crippen LogP contribution in [-0.4, -0.2) is 24.6 Å². The molecule has 0 heterocycles. The average molecular weight is 231 g/mol. The molecule has 0 rings (SSSR count). The van der Waals surface area contributed by atoms with Crippen molar-refractivity contribution in [3.05, 3.63) is 0 Å². The monoisotopic (exact) mass is 231 g/mol. The van der Waals surface area contributed by atoms with Gasteiger partial charge in [0.2, 0.25) is 0 Å². The summed E-state index contributed by atoms with van der Waals surface area (Å²) in [5, 5.41) is 3.59. The Morgan fingerprint density at radius 2 is 1.80 bits per heavy atom. The van der Waals surface area contributed by atoms with Crippen LogP contribution in [0.5, 0.6) is 0 Å². The van der Waals surface area contributed by atoms with Gasteiger partial charge in [-0.05, 0) is 38.3 Å². The van der Waals surface area contributed by atoms with Gasteiger partial charge in [-0.25, -0.2) is 0 Å². The molecule has 0 saturated carbocycles. The maximum absolute atomic E-state index is 3.59. The van der Waals surface area contributed by atoms with E-state index in [0.717, 1.165) is 0 Å². The van der Waals surface area contributed by atoms with E-state index in [1.165, 1.54) is 57.2 Å². The number of nitrogens with one attached hydrogen (secondary N) is 1. The van der Waals surface area contributed by atoms with Gasteiger partial charge in [0, 0.05) is 6.04 Å². The molecule has 1 unspecified atom stereocenters. The molecule has 0 bridgehead atoms. The summed E-state index contributed by atoms with van der Waals surface area (Å²) in [6.07, 6.45) is 11.8. The Labute approximate surface area is 101 Å². The van der Waals surface area contributed by atoms with Crippen molar-refractivity contribution in [3.8, 4) is 0 Å². The van der Waals surface area contributed by atoms with Gasteiger partial charge in [-0.15, -0.1) is 0 Å². The van der Waals surface area contributed by atoms with E-state index >= 15 is 0 Å². The van der Waals surface area contributed by atoms with Crippen LogP contribution in [0.1, 0.15) is 58.8 Å². The van der Waals surface area contributed by atoms with Gasteiger partial charge in [-0.2, -0.15) is 11.8 Å². The highest BCUT2D eigenvalue weighted by Crippen LogP contribution is 2.07. The highest BCUT2D eigenvalue weighted by molar-refractivity contribution is 7.98. The van der Waals surface area contributed by atoms with Crippen molar-refractivity contribution in [2.75, 3.05) is 18.6 Å². The first-order chi connectivity index (χ1) is 7.31. The van der Waals surface area contributed by atoms with Crippen molar-refractivity contribution in [3.63, 3.8) is 0 Å². The van der Waals surface area contributed by atoms with Gasteiger partial charge >= 0.3 is 0 Å². The molecule has 2 heteroatoms. The van der Waals surface area contributed by atoms with E-state index in [0.29, 0.717) is 6.04 Å². The maximum Gasteiger partial charge on any atom is 0.00387 e. The topological polar surface area (TPSA) is 12.0 Å². The van der Waals surface area contributed by atoms with Crippen LogP contribution in [0.25, 0.3) is 0 Å². The minimum absolute atomic E-state index is 0.716. The molecular formula is C13H29NS. The van der Waals surface area contributed by atoms with Crippen LogP contribution in [0.3, 0.4) is 0 Å². The SMILES string of the molecule is CCCCCCCC(C)NCCCSC. The van der Waals surface area contributed by atoms with Gasteiger partial charge in [0.15, 0.2) is 0 Å². The van der Waals surface area contributed by atoms with Crippen molar-refractivity contribution in [2.24, 2.45) is 0 Å². The van der Waals surface area contributed by atoms with Gasteiger partial charge in [0.25, 0.3) is 0 Å². The lowest BCUT2D eigenvalue weighted by atomic mass is 10.1. The second-order valence-corrected chi connectivity index (χ2v) is 5.39. The molecule has 0 aliphatic rings. The molecule has 0 aromatic heterocycles. The first-order valence-electron chi connectivity index (χ1n) is 6.53. The van der Waals surface area contributed by atoms with E-state index in [9.17, 15) is 0 Å². The third-order valence-electron chi connectivity index (χ3n) is 2.76. The molecule has 1 nitrogen and oxygen atoms in total. The van der Waals surface area contributed by atoms with Crippen LogP contribution >= 0.6 is 11.8 Å². The highest BCUT2D eigenvalue weighted by Gasteiger charge is 1.99. The molecule has 92 valence electrons. The van der Waals surface area contributed by atoms with E-state index in [1.807, 2.05) is 11.8 Å². The van der Waals surface area contributed by atoms with Gasteiger partial charge in [-0.1, -0.05) is 39.0 Å². The molecule has 0 radical (unpaired) electrons. The fourth-order valence-corrected chi connectivity index (χ4v) is 2.15. The van der Waals surface area contributed by atoms with Gasteiger partial charge in [0.1, 0.15) is 0 Å². The molecule has 1 N–H and O–H groups in total. The summed E-state index contributed by atoms with van der Waals surface area (Å²) in [7, 11) is 0. The zero-order chi connectivity index (χ0) is 11.4.